The molecule has 166 valence electrons. The zero-order valence-corrected chi connectivity index (χ0v) is 18.1. The topological polar surface area (TPSA) is 115 Å². The summed E-state index contributed by atoms with van der Waals surface area (Å²) in [5, 5.41) is 19.4. The number of aromatic nitrogens is 1. The lowest BCUT2D eigenvalue weighted by molar-refractivity contribution is 0.0693. The van der Waals surface area contributed by atoms with Gasteiger partial charge in [0.15, 0.2) is 0 Å². The number of benzene rings is 3. The molecule has 0 saturated carbocycles. The number of hydrogen-bond donors (Lipinski definition) is 3. The van der Waals surface area contributed by atoms with Gasteiger partial charge in [0, 0.05) is 28.6 Å². The predicted octanol–water partition coefficient (Wildman–Crippen LogP) is 4.63. The van der Waals surface area contributed by atoms with E-state index in [2.05, 4.69) is 0 Å². The molecule has 33 heavy (non-hydrogen) atoms. The van der Waals surface area contributed by atoms with Crippen LogP contribution in [-0.2, 0) is 0 Å². The standard InChI is InChI=1S/C26H22N2O5/c1-15-13-17(25(27)30)5-9-20(15)24-21(16-3-7-19(33-2)8-4-16)11-12-28(24)18-6-10-23(29)22(14-18)26(31)32/h3-14,29H,1-2H3,(H2,27,30)(H,31,32). The molecule has 0 bridgehead atoms. The van der Waals surface area contributed by atoms with E-state index in [-0.39, 0.29) is 11.3 Å². The van der Waals surface area contributed by atoms with Crippen molar-refractivity contribution in [3.63, 3.8) is 0 Å². The lowest BCUT2D eigenvalue weighted by atomic mass is 9.96. The molecule has 1 heterocycles. The van der Waals surface area contributed by atoms with Crippen molar-refractivity contribution in [2.45, 2.75) is 6.92 Å². The smallest absolute Gasteiger partial charge is 0.339 e. The molecule has 4 N–H and O–H groups in total. The van der Waals surface area contributed by atoms with Crippen LogP contribution in [0.1, 0.15) is 26.3 Å². The Labute approximate surface area is 190 Å². The normalized spacial score (nSPS) is 10.7. The van der Waals surface area contributed by atoms with E-state index in [1.807, 2.05) is 54.1 Å². The number of primary amides is 1. The number of amides is 1. The fourth-order valence-electron chi connectivity index (χ4n) is 3.85. The summed E-state index contributed by atoms with van der Waals surface area (Å²) in [5.74, 6) is -1.32. The van der Waals surface area contributed by atoms with Gasteiger partial charge in [0.1, 0.15) is 17.1 Å². The van der Waals surface area contributed by atoms with Gasteiger partial charge in [-0.3, -0.25) is 4.79 Å². The molecule has 0 aliphatic rings. The summed E-state index contributed by atoms with van der Waals surface area (Å²) >= 11 is 0. The number of aromatic carboxylic acids is 1. The molecule has 0 spiro atoms. The number of carboxylic acid groups (broad SMARTS) is 1. The first-order chi connectivity index (χ1) is 15.8. The number of aryl methyl sites for hydroxylation is 1. The van der Waals surface area contributed by atoms with E-state index < -0.39 is 11.9 Å². The Bertz CT molecular complexity index is 1370. The van der Waals surface area contributed by atoms with Gasteiger partial charge in [0.2, 0.25) is 5.91 Å². The number of carbonyl (C=O) groups excluding carboxylic acids is 1. The molecule has 1 amide bonds. The fraction of sp³-hybridized carbons (Fsp3) is 0.0769. The van der Waals surface area contributed by atoms with Crippen LogP contribution < -0.4 is 10.5 Å². The maximum absolute atomic E-state index is 11.6. The van der Waals surface area contributed by atoms with Crippen LogP contribution >= 0.6 is 0 Å². The molecule has 0 aliphatic heterocycles. The Kier molecular flexibility index (Phi) is 5.62. The van der Waals surface area contributed by atoms with Crippen LogP contribution in [0.3, 0.4) is 0 Å². The summed E-state index contributed by atoms with van der Waals surface area (Å²) in [6.45, 7) is 1.89. The fourth-order valence-corrected chi connectivity index (χ4v) is 3.85. The summed E-state index contributed by atoms with van der Waals surface area (Å²) < 4.78 is 7.13. The number of nitrogens with zero attached hydrogens (tertiary/aromatic N) is 1. The van der Waals surface area contributed by atoms with Crippen LogP contribution in [0.2, 0.25) is 0 Å². The third-order valence-electron chi connectivity index (χ3n) is 5.54. The van der Waals surface area contributed by atoms with E-state index in [9.17, 15) is 19.8 Å². The van der Waals surface area contributed by atoms with Gasteiger partial charge in [-0.1, -0.05) is 18.2 Å². The van der Waals surface area contributed by atoms with E-state index in [0.29, 0.717) is 11.3 Å². The van der Waals surface area contributed by atoms with Crippen molar-refractivity contribution in [3.05, 3.63) is 89.6 Å². The highest BCUT2D eigenvalue weighted by Crippen LogP contribution is 2.38. The highest BCUT2D eigenvalue weighted by Gasteiger charge is 2.19. The zero-order chi connectivity index (χ0) is 23.7. The Morgan fingerprint density at radius 3 is 2.27 bits per heavy atom. The lowest BCUT2D eigenvalue weighted by Crippen LogP contribution is -2.11. The molecular formula is C26H22N2O5. The molecular weight excluding hydrogens is 420 g/mol. The van der Waals surface area contributed by atoms with Crippen molar-refractivity contribution in [2.24, 2.45) is 5.73 Å². The Balaban J connectivity index is 1.97. The molecule has 0 atom stereocenters. The van der Waals surface area contributed by atoms with Gasteiger partial charge in [-0.05, 0) is 66.6 Å². The van der Waals surface area contributed by atoms with Crippen molar-refractivity contribution in [3.8, 4) is 39.6 Å². The Morgan fingerprint density at radius 1 is 0.939 bits per heavy atom. The molecule has 7 heteroatoms. The Morgan fingerprint density at radius 2 is 1.67 bits per heavy atom. The maximum Gasteiger partial charge on any atom is 0.339 e. The first-order valence-electron chi connectivity index (χ1n) is 10.1. The average Bonchev–Trinajstić information content (AvgIpc) is 3.24. The van der Waals surface area contributed by atoms with Crippen molar-refractivity contribution in [2.75, 3.05) is 7.11 Å². The summed E-state index contributed by atoms with van der Waals surface area (Å²) in [6, 6.07) is 19.2. The minimum atomic E-state index is -1.22. The molecule has 3 aromatic carbocycles. The van der Waals surface area contributed by atoms with Crippen molar-refractivity contribution in [1.29, 1.82) is 0 Å². The number of nitrogens with two attached hydrogens (primary N) is 1. The van der Waals surface area contributed by atoms with Gasteiger partial charge in [0.25, 0.3) is 0 Å². The van der Waals surface area contributed by atoms with E-state index in [1.54, 1.807) is 25.3 Å². The van der Waals surface area contributed by atoms with Gasteiger partial charge in [-0.2, -0.15) is 0 Å². The summed E-state index contributed by atoms with van der Waals surface area (Å²) in [7, 11) is 1.60. The van der Waals surface area contributed by atoms with Gasteiger partial charge in [-0.25, -0.2) is 4.79 Å². The average molecular weight is 442 g/mol. The van der Waals surface area contributed by atoms with Crippen molar-refractivity contribution >= 4 is 11.9 Å². The van der Waals surface area contributed by atoms with Gasteiger partial charge in [-0.15, -0.1) is 0 Å². The summed E-state index contributed by atoms with van der Waals surface area (Å²) in [4.78, 5) is 23.2. The molecule has 4 rings (SSSR count). The predicted molar refractivity (Wildman–Crippen MR) is 125 cm³/mol. The monoisotopic (exact) mass is 442 g/mol. The highest BCUT2D eigenvalue weighted by atomic mass is 16.5. The van der Waals surface area contributed by atoms with E-state index >= 15 is 0 Å². The van der Waals surface area contributed by atoms with Crippen LogP contribution in [0.25, 0.3) is 28.1 Å². The van der Waals surface area contributed by atoms with E-state index in [4.69, 9.17) is 10.5 Å². The second-order valence-corrected chi connectivity index (χ2v) is 7.58. The largest absolute Gasteiger partial charge is 0.507 e. The quantitative estimate of drug-likeness (QED) is 0.403. The number of methoxy groups -OCH3 is 1. The third-order valence-corrected chi connectivity index (χ3v) is 5.54. The number of ether oxygens (including phenoxy) is 1. The first-order valence-corrected chi connectivity index (χ1v) is 10.1. The third kappa shape index (κ3) is 4.04. The minimum Gasteiger partial charge on any atom is -0.507 e. The maximum atomic E-state index is 11.6. The minimum absolute atomic E-state index is 0.195. The number of aromatic hydroxyl groups is 1. The van der Waals surface area contributed by atoms with E-state index in [1.165, 1.54) is 12.1 Å². The highest BCUT2D eigenvalue weighted by molar-refractivity contribution is 5.95. The molecule has 0 fully saturated rings. The number of carbonyl (C=O) groups is 2. The molecule has 4 aromatic rings. The molecule has 0 saturated heterocycles. The van der Waals surface area contributed by atoms with Crippen LogP contribution in [-0.4, -0.2) is 33.8 Å². The van der Waals surface area contributed by atoms with Crippen LogP contribution in [0, 0.1) is 6.92 Å². The van der Waals surface area contributed by atoms with Crippen LogP contribution in [0.4, 0.5) is 0 Å². The lowest BCUT2D eigenvalue weighted by Gasteiger charge is -2.16. The van der Waals surface area contributed by atoms with E-state index in [0.717, 1.165) is 33.7 Å². The zero-order valence-electron chi connectivity index (χ0n) is 18.1. The molecule has 0 radical (unpaired) electrons. The first kappa shape index (κ1) is 21.7. The number of hydrogen-bond acceptors (Lipinski definition) is 4. The Hall–Kier alpha value is -4.52. The second-order valence-electron chi connectivity index (χ2n) is 7.58. The summed E-state index contributed by atoms with van der Waals surface area (Å²) in [6.07, 6.45) is 1.84. The van der Waals surface area contributed by atoms with Gasteiger partial charge in [0.05, 0.1) is 12.8 Å². The van der Waals surface area contributed by atoms with Crippen LogP contribution in [0.15, 0.2) is 72.9 Å². The number of carboxylic acids is 1. The number of rotatable bonds is 6. The van der Waals surface area contributed by atoms with Gasteiger partial charge >= 0.3 is 5.97 Å². The van der Waals surface area contributed by atoms with Gasteiger partial charge < -0.3 is 25.3 Å². The van der Waals surface area contributed by atoms with Crippen molar-refractivity contribution < 1.29 is 24.5 Å². The van der Waals surface area contributed by atoms with Crippen LogP contribution in [0.5, 0.6) is 11.5 Å². The summed E-state index contributed by atoms with van der Waals surface area (Å²) in [5.41, 5.74) is 10.5. The SMILES string of the molecule is COc1ccc(-c2ccn(-c3ccc(O)c(C(=O)O)c3)c2-c2ccc(C(N)=O)cc2C)cc1. The van der Waals surface area contributed by atoms with Crippen molar-refractivity contribution in [1.82, 2.24) is 4.57 Å². The number of phenols is 1. The molecule has 0 unspecified atom stereocenters. The molecule has 0 aliphatic carbocycles. The molecule has 7 nitrogen and oxygen atoms in total. The second kappa shape index (κ2) is 8.55. The molecule has 1 aromatic heterocycles.